The second-order valence-electron chi connectivity index (χ2n) is 7.36. The van der Waals surface area contributed by atoms with Crippen molar-refractivity contribution >= 4 is 5.78 Å². The first-order valence-corrected chi connectivity index (χ1v) is 7.78. The van der Waals surface area contributed by atoms with Gasteiger partial charge in [-0.3, -0.25) is 9.69 Å². The van der Waals surface area contributed by atoms with Crippen LogP contribution in [0.25, 0.3) is 0 Å². The molecule has 1 spiro atoms. The van der Waals surface area contributed by atoms with Crippen molar-refractivity contribution in [2.24, 2.45) is 23.2 Å². The maximum atomic E-state index is 12.6. The lowest BCUT2D eigenvalue weighted by Gasteiger charge is -2.34. The highest BCUT2D eigenvalue weighted by atomic mass is 16.1. The predicted molar refractivity (Wildman–Crippen MR) is 73.4 cm³/mol. The quantitative estimate of drug-likeness (QED) is 0.766. The Kier molecular flexibility index (Phi) is 2.85. The molecule has 0 bridgehead atoms. The van der Waals surface area contributed by atoms with Crippen molar-refractivity contribution in [3.8, 4) is 0 Å². The van der Waals surface area contributed by atoms with Gasteiger partial charge in [-0.1, -0.05) is 26.7 Å². The van der Waals surface area contributed by atoms with Gasteiger partial charge in [0.2, 0.25) is 0 Å². The highest BCUT2D eigenvalue weighted by Gasteiger charge is 2.72. The summed E-state index contributed by atoms with van der Waals surface area (Å²) in [7, 11) is 0. The average Bonchev–Trinajstić information content (AvgIpc) is 2.73. The third kappa shape index (κ3) is 1.54. The molecule has 1 aliphatic heterocycles. The number of nitrogens with zero attached hydrogens (tertiary/aromatic N) is 1. The van der Waals surface area contributed by atoms with E-state index in [1.54, 1.807) is 0 Å². The molecule has 102 valence electrons. The fraction of sp³-hybridized carbons (Fsp3) is 0.938. The largest absolute Gasteiger partial charge is 0.298 e. The predicted octanol–water partition coefficient (Wildman–Crippen LogP) is 3.11. The topological polar surface area (TPSA) is 20.3 Å². The average molecular weight is 249 g/mol. The highest BCUT2D eigenvalue weighted by molar-refractivity contribution is 5.87. The SMILES string of the molecule is CC(C)C(=O)[C@@H]1[C@@H]2[C@H](CN1C(C)C)C21CCCC1. The molecule has 2 heteroatoms. The smallest absolute Gasteiger partial charge is 0.152 e. The molecule has 0 aromatic rings. The van der Waals surface area contributed by atoms with Crippen LogP contribution in [0, 0.1) is 23.2 Å². The molecule has 2 nitrogen and oxygen atoms in total. The third-order valence-electron chi connectivity index (χ3n) is 5.89. The lowest BCUT2D eigenvalue weighted by atomic mass is 9.89. The fourth-order valence-electron chi connectivity index (χ4n) is 4.94. The number of hydrogen-bond donors (Lipinski definition) is 0. The zero-order chi connectivity index (χ0) is 13.1. The summed E-state index contributed by atoms with van der Waals surface area (Å²) in [6.45, 7) is 9.81. The van der Waals surface area contributed by atoms with E-state index in [-0.39, 0.29) is 12.0 Å². The summed E-state index contributed by atoms with van der Waals surface area (Å²) in [4.78, 5) is 15.1. The van der Waals surface area contributed by atoms with Crippen LogP contribution in [0.4, 0.5) is 0 Å². The van der Waals surface area contributed by atoms with Gasteiger partial charge in [-0.15, -0.1) is 0 Å². The van der Waals surface area contributed by atoms with Gasteiger partial charge in [0, 0.05) is 18.5 Å². The van der Waals surface area contributed by atoms with Gasteiger partial charge in [0.25, 0.3) is 0 Å². The van der Waals surface area contributed by atoms with E-state index in [1.807, 2.05) is 0 Å². The molecule has 3 fully saturated rings. The summed E-state index contributed by atoms with van der Waals surface area (Å²) < 4.78 is 0. The Bertz CT molecular complexity index is 354. The van der Waals surface area contributed by atoms with E-state index in [0.717, 1.165) is 5.92 Å². The molecule has 3 rings (SSSR count). The zero-order valence-corrected chi connectivity index (χ0v) is 12.3. The van der Waals surface area contributed by atoms with E-state index in [2.05, 4.69) is 32.6 Å². The normalized spacial score (nSPS) is 37.8. The molecule has 1 saturated heterocycles. The van der Waals surface area contributed by atoms with Crippen molar-refractivity contribution in [1.29, 1.82) is 0 Å². The minimum absolute atomic E-state index is 0.189. The molecule has 3 aliphatic rings. The Labute approximate surface area is 111 Å². The number of Topliss-reactive ketones (excluding diaryl/α,β-unsaturated/α-hetero) is 1. The Morgan fingerprint density at radius 3 is 2.28 bits per heavy atom. The lowest BCUT2D eigenvalue weighted by Crippen LogP contribution is -2.47. The zero-order valence-electron chi connectivity index (χ0n) is 12.3. The van der Waals surface area contributed by atoms with Crippen molar-refractivity contribution in [3.63, 3.8) is 0 Å². The molecule has 0 aromatic heterocycles. The van der Waals surface area contributed by atoms with E-state index in [9.17, 15) is 4.79 Å². The summed E-state index contributed by atoms with van der Waals surface area (Å²) in [6, 6.07) is 0.761. The number of fused-ring (bicyclic) bond motifs is 3. The van der Waals surface area contributed by atoms with Gasteiger partial charge in [0.15, 0.2) is 5.78 Å². The molecule has 1 heterocycles. The van der Waals surface area contributed by atoms with Crippen LogP contribution in [0.15, 0.2) is 0 Å². The van der Waals surface area contributed by atoms with Crippen LogP contribution in [-0.4, -0.2) is 29.3 Å². The molecule has 18 heavy (non-hydrogen) atoms. The van der Waals surface area contributed by atoms with Crippen molar-refractivity contribution in [1.82, 2.24) is 4.90 Å². The van der Waals surface area contributed by atoms with E-state index in [4.69, 9.17) is 0 Å². The number of likely N-dealkylation sites (tertiary alicyclic amines) is 1. The van der Waals surface area contributed by atoms with Crippen LogP contribution >= 0.6 is 0 Å². The second-order valence-corrected chi connectivity index (χ2v) is 7.36. The molecule has 3 atom stereocenters. The molecule has 0 amide bonds. The van der Waals surface area contributed by atoms with Gasteiger partial charge >= 0.3 is 0 Å². The van der Waals surface area contributed by atoms with Crippen LogP contribution < -0.4 is 0 Å². The molecule has 0 radical (unpaired) electrons. The molecular formula is C16H27NO. The summed E-state index contributed by atoms with van der Waals surface area (Å²) in [5.41, 5.74) is 0.598. The number of rotatable bonds is 3. The van der Waals surface area contributed by atoms with E-state index in [0.29, 0.717) is 23.2 Å². The summed E-state index contributed by atoms with van der Waals surface area (Å²) in [5.74, 6) is 2.24. The second kappa shape index (κ2) is 4.06. The van der Waals surface area contributed by atoms with Crippen molar-refractivity contribution in [2.75, 3.05) is 6.54 Å². The third-order valence-corrected chi connectivity index (χ3v) is 5.89. The van der Waals surface area contributed by atoms with E-state index < -0.39 is 0 Å². The Balaban J connectivity index is 1.84. The summed E-state index contributed by atoms with van der Waals surface area (Å²) >= 11 is 0. The highest BCUT2D eigenvalue weighted by Crippen LogP contribution is 2.72. The first kappa shape index (κ1) is 12.7. The van der Waals surface area contributed by atoms with Crippen molar-refractivity contribution < 1.29 is 4.79 Å². The maximum absolute atomic E-state index is 12.6. The lowest BCUT2D eigenvalue weighted by molar-refractivity contribution is -0.128. The van der Waals surface area contributed by atoms with Crippen LogP contribution in [0.3, 0.4) is 0 Å². The molecule has 0 unspecified atom stereocenters. The first-order valence-electron chi connectivity index (χ1n) is 7.78. The molecular weight excluding hydrogens is 222 g/mol. The van der Waals surface area contributed by atoms with Gasteiger partial charge in [0.05, 0.1) is 6.04 Å². The number of piperidine rings is 1. The van der Waals surface area contributed by atoms with Crippen LogP contribution in [0.2, 0.25) is 0 Å². The van der Waals surface area contributed by atoms with Gasteiger partial charge in [-0.05, 0) is 43.9 Å². The van der Waals surface area contributed by atoms with Gasteiger partial charge in [-0.2, -0.15) is 0 Å². The number of ketones is 1. The van der Waals surface area contributed by atoms with Gasteiger partial charge in [-0.25, -0.2) is 0 Å². The standard InChI is InChI=1S/C16H27NO/c1-10(2)15(18)14-13-12(9-17(14)11(3)4)16(13)7-5-6-8-16/h10-14H,5-9H2,1-4H3/t12-,13-,14-/m0/s1. The van der Waals surface area contributed by atoms with Crippen LogP contribution in [0.5, 0.6) is 0 Å². The number of carbonyl (C=O) groups excluding carboxylic acids is 1. The Morgan fingerprint density at radius 2 is 1.78 bits per heavy atom. The first-order chi connectivity index (χ1) is 8.49. The van der Waals surface area contributed by atoms with Gasteiger partial charge in [0.1, 0.15) is 0 Å². The minimum atomic E-state index is 0.189. The minimum Gasteiger partial charge on any atom is -0.298 e. The molecule has 2 aliphatic carbocycles. The van der Waals surface area contributed by atoms with E-state index in [1.165, 1.54) is 32.2 Å². The Hall–Kier alpha value is -0.370. The van der Waals surface area contributed by atoms with Crippen molar-refractivity contribution in [3.05, 3.63) is 0 Å². The number of hydrogen-bond acceptors (Lipinski definition) is 2. The summed E-state index contributed by atoms with van der Waals surface area (Å²) in [6.07, 6.45) is 5.60. The maximum Gasteiger partial charge on any atom is 0.152 e. The molecule has 0 N–H and O–H groups in total. The van der Waals surface area contributed by atoms with Crippen LogP contribution in [-0.2, 0) is 4.79 Å². The number of carbonyl (C=O) groups is 1. The summed E-state index contributed by atoms with van der Waals surface area (Å²) in [5, 5.41) is 0. The Morgan fingerprint density at radius 1 is 1.17 bits per heavy atom. The van der Waals surface area contributed by atoms with Crippen molar-refractivity contribution in [2.45, 2.75) is 65.5 Å². The van der Waals surface area contributed by atoms with E-state index >= 15 is 0 Å². The van der Waals surface area contributed by atoms with Gasteiger partial charge < -0.3 is 0 Å². The molecule has 0 aromatic carbocycles. The monoisotopic (exact) mass is 249 g/mol. The fourth-order valence-corrected chi connectivity index (χ4v) is 4.94. The molecule has 2 saturated carbocycles. The van der Waals surface area contributed by atoms with Crippen LogP contribution in [0.1, 0.15) is 53.4 Å².